The molecule has 1 saturated heterocycles. The molecule has 23 heavy (non-hydrogen) atoms. The van der Waals surface area contributed by atoms with E-state index in [9.17, 15) is 4.79 Å². The van der Waals surface area contributed by atoms with Gasteiger partial charge in [-0.3, -0.25) is 4.90 Å². The minimum Gasteiger partial charge on any atom is -0.331 e. The van der Waals surface area contributed by atoms with Gasteiger partial charge >= 0.3 is 6.03 Å². The third-order valence-electron chi connectivity index (χ3n) is 4.44. The third-order valence-corrected chi connectivity index (χ3v) is 4.44. The molecular weight excluding hydrogens is 290 g/mol. The Balaban J connectivity index is 1.68. The van der Waals surface area contributed by atoms with Gasteiger partial charge in [0.25, 0.3) is 0 Å². The normalized spacial score (nSPS) is 16.0. The first-order valence-corrected chi connectivity index (χ1v) is 8.23. The Bertz CT molecular complexity index is 685. The molecule has 1 aliphatic rings. The molecule has 2 aromatic rings. The van der Waals surface area contributed by atoms with Gasteiger partial charge in [0.05, 0.1) is 17.6 Å². The minimum absolute atomic E-state index is 0.102. The number of benzene rings is 1. The summed E-state index contributed by atoms with van der Waals surface area (Å²) >= 11 is 0. The number of imidazole rings is 1. The lowest BCUT2D eigenvalue weighted by Crippen LogP contribution is -2.51. The second-order valence-corrected chi connectivity index (χ2v) is 6.20. The standard InChI is InChI=1S/C17H25N5O/c1-4-22-15-8-6-5-7-14(15)18-16(22)13-20-9-11-21(12-10-20)17(23)19(2)3/h5-8H,4,9-13H2,1-3H3. The zero-order valence-corrected chi connectivity index (χ0v) is 14.2. The molecule has 1 aliphatic heterocycles. The number of hydrogen-bond acceptors (Lipinski definition) is 3. The van der Waals surface area contributed by atoms with E-state index < -0.39 is 0 Å². The number of para-hydroxylation sites is 2. The SMILES string of the molecule is CCn1c(CN2CCN(C(=O)N(C)C)CC2)nc2ccccc21. The number of rotatable bonds is 3. The van der Waals surface area contributed by atoms with Crippen molar-refractivity contribution >= 4 is 17.1 Å². The van der Waals surface area contributed by atoms with Crippen molar-refractivity contribution in [3.8, 4) is 0 Å². The zero-order valence-electron chi connectivity index (χ0n) is 14.2. The maximum Gasteiger partial charge on any atom is 0.319 e. The molecule has 3 rings (SSSR count). The Hall–Kier alpha value is -2.08. The Morgan fingerprint density at radius 1 is 1.17 bits per heavy atom. The third kappa shape index (κ3) is 3.17. The van der Waals surface area contributed by atoms with E-state index in [2.05, 4.69) is 34.6 Å². The number of urea groups is 1. The van der Waals surface area contributed by atoms with Crippen molar-refractivity contribution in [1.29, 1.82) is 0 Å². The van der Waals surface area contributed by atoms with Gasteiger partial charge in [-0.05, 0) is 19.1 Å². The summed E-state index contributed by atoms with van der Waals surface area (Å²) in [7, 11) is 3.61. The van der Waals surface area contributed by atoms with Gasteiger partial charge in [-0.1, -0.05) is 12.1 Å². The number of carbonyl (C=O) groups excluding carboxylic acids is 1. The highest BCUT2D eigenvalue weighted by Crippen LogP contribution is 2.18. The van der Waals surface area contributed by atoms with Gasteiger partial charge in [-0.2, -0.15) is 0 Å². The second-order valence-electron chi connectivity index (χ2n) is 6.20. The van der Waals surface area contributed by atoms with Gasteiger partial charge in [0.2, 0.25) is 0 Å². The van der Waals surface area contributed by atoms with Crippen LogP contribution in [0.1, 0.15) is 12.7 Å². The molecule has 6 nitrogen and oxygen atoms in total. The number of piperazine rings is 1. The highest BCUT2D eigenvalue weighted by atomic mass is 16.2. The van der Waals surface area contributed by atoms with E-state index in [0.29, 0.717) is 0 Å². The Labute approximate surface area is 137 Å². The molecular formula is C17H25N5O. The van der Waals surface area contributed by atoms with Crippen LogP contribution < -0.4 is 0 Å². The van der Waals surface area contributed by atoms with Crippen LogP contribution in [0.3, 0.4) is 0 Å². The summed E-state index contributed by atoms with van der Waals surface area (Å²) in [5.41, 5.74) is 2.26. The number of carbonyl (C=O) groups is 1. The largest absolute Gasteiger partial charge is 0.331 e. The lowest BCUT2D eigenvalue weighted by molar-refractivity contribution is 0.118. The first-order valence-electron chi connectivity index (χ1n) is 8.23. The quantitative estimate of drug-likeness (QED) is 0.868. The summed E-state index contributed by atoms with van der Waals surface area (Å²) in [6, 6.07) is 8.39. The zero-order chi connectivity index (χ0) is 16.4. The average molecular weight is 315 g/mol. The van der Waals surface area contributed by atoms with Crippen molar-refractivity contribution in [3.63, 3.8) is 0 Å². The number of fused-ring (bicyclic) bond motifs is 1. The molecule has 1 aromatic carbocycles. The van der Waals surface area contributed by atoms with Crippen LogP contribution in [0, 0.1) is 0 Å². The Kier molecular flexibility index (Phi) is 4.52. The molecule has 2 heterocycles. The van der Waals surface area contributed by atoms with Gasteiger partial charge in [0, 0.05) is 46.8 Å². The van der Waals surface area contributed by atoms with E-state index in [1.54, 1.807) is 19.0 Å². The molecule has 0 atom stereocenters. The molecule has 0 unspecified atom stereocenters. The van der Waals surface area contributed by atoms with Crippen LogP contribution in [-0.4, -0.2) is 70.6 Å². The molecule has 1 aromatic heterocycles. The van der Waals surface area contributed by atoms with Crippen LogP contribution in [0.5, 0.6) is 0 Å². The highest BCUT2D eigenvalue weighted by Gasteiger charge is 2.23. The number of aromatic nitrogens is 2. The maximum atomic E-state index is 12.0. The minimum atomic E-state index is 0.102. The van der Waals surface area contributed by atoms with Crippen LogP contribution in [0.4, 0.5) is 4.79 Å². The van der Waals surface area contributed by atoms with E-state index in [1.165, 1.54) is 5.52 Å². The van der Waals surface area contributed by atoms with Gasteiger partial charge in [-0.15, -0.1) is 0 Å². The van der Waals surface area contributed by atoms with Crippen molar-refractivity contribution in [2.45, 2.75) is 20.0 Å². The maximum absolute atomic E-state index is 12.0. The molecule has 124 valence electrons. The van der Waals surface area contributed by atoms with Gasteiger partial charge in [0.15, 0.2) is 0 Å². The van der Waals surface area contributed by atoms with Crippen LogP contribution in [-0.2, 0) is 13.1 Å². The van der Waals surface area contributed by atoms with Crippen molar-refractivity contribution in [3.05, 3.63) is 30.1 Å². The van der Waals surface area contributed by atoms with E-state index in [4.69, 9.17) is 4.98 Å². The summed E-state index contributed by atoms with van der Waals surface area (Å²) in [4.78, 5) is 22.7. The predicted octanol–water partition coefficient (Wildman–Crippen LogP) is 1.86. The molecule has 0 aliphatic carbocycles. The molecule has 0 radical (unpaired) electrons. The summed E-state index contributed by atoms with van der Waals surface area (Å²) < 4.78 is 2.28. The van der Waals surface area contributed by atoms with Crippen LogP contribution in [0.15, 0.2) is 24.3 Å². The fourth-order valence-corrected chi connectivity index (χ4v) is 3.18. The van der Waals surface area contributed by atoms with E-state index in [1.807, 2.05) is 11.0 Å². The van der Waals surface area contributed by atoms with E-state index in [-0.39, 0.29) is 6.03 Å². The first kappa shape index (κ1) is 15.8. The monoisotopic (exact) mass is 315 g/mol. The van der Waals surface area contributed by atoms with Gasteiger partial charge in [0.1, 0.15) is 5.82 Å². The number of aryl methyl sites for hydroxylation is 1. The van der Waals surface area contributed by atoms with Gasteiger partial charge in [-0.25, -0.2) is 9.78 Å². The predicted molar refractivity (Wildman–Crippen MR) is 91.3 cm³/mol. The lowest BCUT2D eigenvalue weighted by Gasteiger charge is -2.35. The molecule has 0 N–H and O–H groups in total. The topological polar surface area (TPSA) is 44.6 Å². The molecule has 2 amide bonds. The number of amides is 2. The first-order chi connectivity index (χ1) is 11.1. The summed E-state index contributed by atoms with van der Waals surface area (Å²) in [5, 5.41) is 0. The van der Waals surface area contributed by atoms with Crippen molar-refractivity contribution in [2.24, 2.45) is 0 Å². The fraction of sp³-hybridized carbons (Fsp3) is 0.529. The molecule has 0 bridgehead atoms. The fourth-order valence-electron chi connectivity index (χ4n) is 3.18. The van der Waals surface area contributed by atoms with Crippen molar-refractivity contribution in [2.75, 3.05) is 40.3 Å². The molecule has 6 heteroatoms. The summed E-state index contributed by atoms with van der Waals surface area (Å²) in [6.07, 6.45) is 0. The van der Waals surface area contributed by atoms with Crippen molar-refractivity contribution < 1.29 is 4.79 Å². The second kappa shape index (κ2) is 6.58. The van der Waals surface area contributed by atoms with Crippen LogP contribution in [0.25, 0.3) is 11.0 Å². The molecule has 0 spiro atoms. The average Bonchev–Trinajstić information content (AvgIpc) is 2.91. The Morgan fingerprint density at radius 3 is 2.52 bits per heavy atom. The molecule has 1 fully saturated rings. The van der Waals surface area contributed by atoms with E-state index in [0.717, 1.165) is 50.6 Å². The van der Waals surface area contributed by atoms with Gasteiger partial charge < -0.3 is 14.4 Å². The van der Waals surface area contributed by atoms with Crippen molar-refractivity contribution in [1.82, 2.24) is 24.3 Å². The molecule has 0 saturated carbocycles. The summed E-state index contributed by atoms with van der Waals surface area (Å²) in [5.74, 6) is 1.11. The smallest absolute Gasteiger partial charge is 0.319 e. The van der Waals surface area contributed by atoms with Crippen LogP contribution >= 0.6 is 0 Å². The van der Waals surface area contributed by atoms with E-state index >= 15 is 0 Å². The summed E-state index contributed by atoms with van der Waals surface area (Å²) in [6.45, 7) is 7.28. The number of hydrogen-bond donors (Lipinski definition) is 0. The number of nitrogens with zero attached hydrogens (tertiary/aromatic N) is 5. The lowest BCUT2D eigenvalue weighted by atomic mass is 10.3. The highest BCUT2D eigenvalue weighted by molar-refractivity contribution is 5.76. The Morgan fingerprint density at radius 2 is 1.87 bits per heavy atom. The van der Waals surface area contributed by atoms with Crippen LogP contribution in [0.2, 0.25) is 0 Å².